The van der Waals surface area contributed by atoms with Crippen molar-refractivity contribution in [1.29, 1.82) is 0 Å². The van der Waals surface area contributed by atoms with E-state index in [1.807, 2.05) is 6.20 Å². The molecule has 0 saturated carbocycles. The number of nitrogens with zero attached hydrogens (tertiary/aromatic N) is 4. The molecule has 2 aliphatic carbocycles. The van der Waals surface area contributed by atoms with Crippen molar-refractivity contribution in [1.82, 2.24) is 9.55 Å². The van der Waals surface area contributed by atoms with E-state index in [-0.39, 0.29) is 16.2 Å². The molecule has 0 bridgehead atoms. The largest absolute Gasteiger partial charge is 0.457 e. The number of benzene rings is 10. The molecule has 1 spiro atoms. The van der Waals surface area contributed by atoms with Gasteiger partial charge in [-0.05, 0) is 143 Å². The summed E-state index contributed by atoms with van der Waals surface area (Å²) in [6, 6.07) is 85.5. The Balaban J connectivity index is 0.870. The van der Waals surface area contributed by atoms with E-state index in [1.165, 1.54) is 94.5 Å². The first-order valence-electron chi connectivity index (χ1n) is 29.7. The topological polar surface area (TPSA) is 33.5 Å². The van der Waals surface area contributed by atoms with Gasteiger partial charge in [0, 0.05) is 45.9 Å². The van der Waals surface area contributed by atoms with Crippen LogP contribution in [0.4, 0.5) is 22.7 Å². The molecule has 2 aromatic heterocycles. The van der Waals surface area contributed by atoms with Crippen molar-refractivity contribution in [2.75, 3.05) is 16.5 Å². The molecule has 0 N–H and O–H groups in total. The molecule has 5 nitrogen and oxygen atoms in total. The lowest BCUT2D eigenvalue weighted by molar-refractivity contribution is 0.483. The molecular formula is C79H68N4O. The van der Waals surface area contributed by atoms with Gasteiger partial charge in [0.15, 0.2) is 0 Å². The average molecular weight is 1090 g/mol. The zero-order chi connectivity index (χ0) is 57.4. The minimum Gasteiger partial charge on any atom is -0.457 e. The minimum atomic E-state index is -0.532. The summed E-state index contributed by atoms with van der Waals surface area (Å²) < 4.78 is 9.52. The third kappa shape index (κ3) is 7.92. The Morgan fingerprint density at radius 3 is 1.60 bits per heavy atom. The van der Waals surface area contributed by atoms with Gasteiger partial charge in [-0.3, -0.25) is 4.57 Å². The van der Waals surface area contributed by atoms with E-state index in [1.54, 1.807) is 0 Å². The maximum absolute atomic E-state index is 7.14. The van der Waals surface area contributed by atoms with Crippen molar-refractivity contribution in [2.45, 2.75) is 84.0 Å². The first-order valence-corrected chi connectivity index (χ1v) is 29.7. The fourth-order valence-corrected chi connectivity index (χ4v) is 14.0. The van der Waals surface area contributed by atoms with Gasteiger partial charge in [0.2, 0.25) is 0 Å². The van der Waals surface area contributed by atoms with Crippen molar-refractivity contribution >= 4 is 44.6 Å². The maximum Gasteiger partial charge on any atom is 0.137 e. The molecule has 3 aliphatic rings. The van der Waals surface area contributed by atoms with Crippen LogP contribution in [0.5, 0.6) is 11.5 Å². The van der Waals surface area contributed by atoms with Crippen LogP contribution in [-0.4, -0.2) is 16.2 Å². The molecule has 5 heteroatoms. The highest BCUT2D eigenvalue weighted by molar-refractivity contribution is 6.16. The summed E-state index contributed by atoms with van der Waals surface area (Å²) in [6.45, 7) is 21.3. The average Bonchev–Trinajstić information content (AvgIpc) is 1.53. The second-order valence-electron chi connectivity index (χ2n) is 26.4. The number of fused-ring (bicyclic) bond motifs is 15. The van der Waals surface area contributed by atoms with Crippen LogP contribution in [0.1, 0.15) is 101 Å². The number of ether oxygens (including phenoxy) is 1. The van der Waals surface area contributed by atoms with Gasteiger partial charge in [-0.1, -0.05) is 226 Å². The van der Waals surface area contributed by atoms with Gasteiger partial charge in [-0.2, -0.15) is 0 Å². The van der Waals surface area contributed by atoms with Crippen molar-refractivity contribution in [3.8, 4) is 61.8 Å². The van der Waals surface area contributed by atoms with E-state index in [0.29, 0.717) is 6.67 Å². The summed E-state index contributed by atoms with van der Waals surface area (Å²) in [6.07, 6.45) is 1.97. The molecule has 1 aliphatic heterocycles. The van der Waals surface area contributed by atoms with Crippen LogP contribution in [0.3, 0.4) is 0 Å². The zero-order valence-electron chi connectivity index (χ0n) is 49.4. The van der Waals surface area contributed by atoms with Crippen LogP contribution in [-0.2, 0) is 21.7 Å². The summed E-state index contributed by atoms with van der Waals surface area (Å²) in [5.41, 5.74) is 25.1. The summed E-state index contributed by atoms with van der Waals surface area (Å²) >= 11 is 0. The fraction of sp³-hybridized carbons (Fsp3) is 0.177. The van der Waals surface area contributed by atoms with Crippen LogP contribution >= 0.6 is 0 Å². The second kappa shape index (κ2) is 18.8. The number of rotatable bonds is 7. The highest BCUT2D eigenvalue weighted by Crippen LogP contribution is 2.65. The molecule has 10 aromatic carbocycles. The Kier molecular flexibility index (Phi) is 11.5. The number of aromatic nitrogens is 2. The standard InChI is InChI=1S/C79H68N4O/c1-76(2,3)52-41-42-80-72(46-52)83-70-40-39-63-62-29-15-18-34-67(62)79(65-32-16-13-27-60(65)61-28-14-17-33-66(61)79)74(63)73(70)64-38-37-57(48-71(64)83)84-56-26-21-25-55(47-56)81-49-82(69-36-20-19-35-68(69)81)75-58(50-23-11-10-12-24-50)30-22-31-59(75)51-43-53(77(4,5)6)45-54(44-51)78(7,8)9/h10-48H,49H2,1-9H3. The monoisotopic (exact) mass is 1090 g/mol. The van der Waals surface area contributed by atoms with Crippen LogP contribution in [0.15, 0.2) is 237 Å². The maximum atomic E-state index is 7.14. The van der Waals surface area contributed by atoms with Crippen molar-refractivity contribution < 1.29 is 4.74 Å². The molecule has 12 aromatic rings. The van der Waals surface area contributed by atoms with Gasteiger partial charge in [-0.25, -0.2) is 4.98 Å². The summed E-state index contributed by atoms with van der Waals surface area (Å²) in [5.74, 6) is 2.38. The molecule has 3 heterocycles. The molecule has 15 rings (SSSR count). The van der Waals surface area contributed by atoms with Gasteiger partial charge in [0.1, 0.15) is 24.0 Å². The third-order valence-corrected chi connectivity index (χ3v) is 18.2. The quantitative estimate of drug-likeness (QED) is 0.159. The lowest BCUT2D eigenvalue weighted by atomic mass is 9.69. The van der Waals surface area contributed by atoms with Crippen molar-refractivity contribution in [3.63, 3.8) is 0 Å². The molecule has 84 heavy (non-hydrogen) atoms. The van der Waals surface area contributed by atoms with Gasteiger partial charge >= 0.3 is 0 Å². The Morgan fingerprint density at radius 2 is 0.952 bits per heavy atom. The Labute approximate surface area is 494 Å². The molecular weight excluding hydrogens is 1020 g/mol. The molecule has 0 amide bonds. The van der Waals surface area contributed by atoms with Crippen LogP contribution < -0.4 is 14.5 Å². The van der Waals surface area contributed by atoms with Crippen LogP contribution in [0.2, 0.25) is 0 Å². The molecule has 0 saturated heterocycles. The molecule has 0 atom stereocenters. The molecule has 0 radical (unpaired) electrons. The molecule has 410 valence electrons. The van der Waals surface area contributed by atoms with Crippen molar-refractivity contribution in [2.24, 2.45) is 0 Å². The van der Waals surface area contributed by atoms with Crippen molar-refractivity contribution in [3.05, 3.63) is 276 Å². The molecule has 0 unspecified atom stereocenters. The number of pyridine rings is 1. The molecule has 0 fully saturated rings. The van der Waals surface area contributed by atoms with Gasteiger partial charge in [0.25, 0.3) is 0 Å². The first kappa shape index (κ1) is 51.4. The lowest BCUT2D eigenvalue weighted by Gasteiger charge is -2.31. The SMILES string of the molecule is CC(C)(C)c1cc(-c2cccc(-c3ccccc3)c2N2CN(c3cccc(Oc4ccc5c6c7c(ccc6n(-c6cc(C(C)(C)C)ccn6)c5c4)-c4ccccc4C74c5ccccc5-c5ccccc54)c3)c3ccccc32)cc(C(C)(C)C)c1. The number of anilines is 4. The smallest absolute Gasteiger partial charge is 0.137 e. The fourth-order valence-electron chi connectivity index (χ4n) is 14.0. The Hall–Kier alpha value is -9.45. The van der Waals surface area contributed by atoms with E-state index in [9.17, 15) is 0 Å². The number of para-hydroxylation sites is 3. The minimum absolute atomic E-state index is 0.0381. The van der Waals surface area contributed by atoms with E-state index in [0.717, 1.165) is 50.8 Å². The van der Waals surface area contributed by atoms with Crippen LogP contribution in [0, 0.1) is 0 Å². The predicted octanol–water partition coefficient (Wildman–Crippen LogP) is 20.8. The number of hydrogen-bond donors (Lipinski definition) is 0. The normalized spacial score (nSPS) is 14.0. The summed E-state index contributed by atoms with van der Waals surface area (Å²) in [7, 11) is 0. The van der Waals surface area contributed by atoms with Crippen LogP contribution in [0.25, 0.3) is 72.1 Å². The van der Waals surface area contributed by atoms with E-state index < -0.39 is 5.41 Å². The van der Waals surface area contributed by atoms with Gasteiger partial charge in [-0.15, -0.1) is 0 Å². The second-order valence-corrected chi connectivity index (χ2v) is 26.4. The Morgan fingerprint density at radius 1 is 0.405 bits per heavy atom. The first-order chi connectivity index (χ1) is 40.6. The summed E-state index contributed by atoms with van der Waals surface area (Å²) in [5, 5.41) is 2.39. The zero-order valence-corrected chi connectivity index (χ0v) is 49.4. The summed E-state index contributed by atoms with van der Waals surface area (Å²) in [4.78, 5) is 10.1. The lowest BCUT2D eigenvalue weighted by Crippen LogP contribution is -2.26. The predicted molar refractivity (Wildman–Crippen MR) is 350 cm³/mol. The van der Waals surface area contributed by atoms with Gasteiger partial charge in [0.05, 0.1) is 33.5 Å². The van der Waals surface area contributed by atoms with E-state index in [4.69, 9.17) is 9.72 Å². The number of hydrogen-bond acceptors (Lipinski definition) is 4. The highest BCUT2D eigenvalue weighted by atomic mass is 16.5. The highest BCUT2D eigenvalue weighted by Gasteiger charge is 2.53. The van der Waals surface area contributed by atoms with Gasteiger partial charge < -0.3 is 14.5 Å². The van der Waals surface area contributed by atoms with E-state index >= 15 is 0 Å². The third-order valence-electron chi connectivity index (χ3n) is 18.2. The van der Waals surface area contributed by atoms with E-state index in [2.05, 4.69) is 307 Å². The Bertz CT molecular complexity index is 4540.